The van der Waals surface area contributed by atoms with E-state index in [9.17, 15) is 10.2 Å². The number of aromatic hydroxyl groups is 2. The second kappa shape index (κ2) is 9.87. The summed E-state index contributed by atoms with van der Waals surface area (Å²) in [5.74, 6) is 0.710. The highest BCUT2D eigenvalue weighted by Crippen LogP contribution is 2.15. The van der Waals surface area contributed by atoms with Crippen LogP contribution in [0.3, 0.4) is 0 Å². The lowest BCUT2D eigenvalue weighted by Gasteiger charge is -2.08. The molecular weight excluding hydrogens is 288 g/mol. The Morgan fingerprint density at radius 1 is 0.609 bits per heavy atom. The van der Waals surface area contributed by atoms with Gasteiger partial charge in [-0.1, -0.05) is 42.8 Å². The molecule has 0 aromatic heterocycles. The van der Waals surface area contributed by atoms with Crippen molar-refractivity contribution in [3.63, 3.8) is 0 Å². The molecule has 0 saturated heterocycles. The van der Waals surface area contributed by atoms with E-state index in [1.165, 1.54) is 0 Å². The zero-order chi connectivity index (χ0) is 16.3. The number of rotatable bonds is 10. The standard InChI is InChI=1S/C19H26N2O2/c22-18-10-4-2-8-16(18)14-20-12-6-1-7-13-21-15-17-9-3-5-11-19(17)23/h2-5,8-11,20-23H,1,6-7,12-15H2. The van der Waals surface area contributed by atoms with Crippen LogP contribution in [0.2, 0.25) is 0 Å². The molecular formula is C19H26N2O2. The molecule has 4 nitrogen and oxygen atoms in total. The summed E-state index contributed by atoms with van der Waals surface area (Å²) in [4.78, 5) is 0. The summed E-state index contributed by atoms with van der Waals surface area (Å²) in [6, 6.07) is 14.8. The van der Waals surface area contributed by atoms with Crippen LogP contribution < -0.4 is 10.6 Å². The molecule has 0 saturated carbocycles. The fourth-order valence-electron chi connectivity index (χ4n) is 2.44. The van der Waals surface area contributed by atoms with Crippen molar-refractivity contribution in [1.82, 2.24) is 10.6 Å². The smallest absolute Gasteiger partial charge is 0.120 e. The van der Waals surface area contributed by atoms with Crippen LogP contribution in [0.5, 0.6) is 11.5 Å². The lowest BCUT2D eigenvalue weighted by molar-refractivity contribution is 0.462. The van der Waals surface area contributed by atoms with E-state index >= 15 is 0 Å². The Balaban J connectivity index is 1.47. The third kappa shape index (κ3) is 6.30. The average molecular weight is 314 g/mol. The summed E-state index contributed by atoms with van der Waals surface area (Å²) in [6.45, 7) is 3.32. The molecule has 0 bridgehead atoms. The predicted octanol–water partition coefficient (Wildman–Crippen LogP) is 3.15. The molecule has 4 heteroatoms. The van der Waals surface area contributed by atoms with Crippen molar-refractivity contribution in [2.75, 3.05) is 13.1 Å². The summed E-state index contributed by atoms with van der Waals surface area (Å²) < 4.78 is 0. The molecule has 0 fully saturated rings. The molecule has 4 N–H and O–H groups in total. The highest BCUT2D eigenvalue weighted by Gasteiger charge is 1.99. The van der Waals surface area contributed by atoms with Crippen molar-refractivity contribution in [3.8, 4) is 11.5 Å². The fraction of sp³-hybridized carbons (Fsp3) is 0.368. The van der Waals surface area contributed by atoms with Gasteiger partial charge in [0.1, 0.15) is 11.5 Å². The van der Waals surface area contributed by atoms with E-state index in [1.807, 2.05) is 36.4 Å². The highest BCUT2D eigenvalue weighted by molar-refractivity contribution is 5.32. The van der Waals surface area contributed by atoms with Gasteiger partial charge in [-0.3, -0.25) is 0 Å². The van der Waals surface area contributed by atoms with Crippen LogP contribution in [-0.4, -0.2) is 23.3 Å². The number of benzene rings is 2. The van der Waals surface area contributed by atoms with Gasteiger partial charge in [0, 0.05) is 24.2 Å². The third-order valence-electron chi connectivity index (χ3n) is 3.82. The Kier molecular flexibility index (Phi) is 7.43. The van der Waals surface area contributed by atoms with Crippen LogP contribution in [-0.2, 0) is 13.1 Å². The predicted molar refractivity (Wildman–Crippen MR) is 93.5 cm³/mol. The minimum Gasteiger partial charge on any atom is -0.508 e. The van der Waals surface area contributed by atoms with E-state index in [-0.39, 0.29) is 0 Å². The maximum Gasteiger partial charge on any atom is 0.120 e. The largest absolute Gasteiger partial charge is 0.508 e. The first-order valence-electron chi connectivity index (χ1n) is 8.22. The van der Waals surface area contributed by atoms with Gasteiger partial charge < -0.3 is 20.8 Å². The van der Waals surface area contributed by atoms with E-state index < -0.39 is 0 Å². The van der Waals surface area contributed by atoms with E-state index in [4.69, 9.17) is 0 Å². The fourth-order valence-corrected chi connectivity index (χ4v) is 2.44. The van der Waals surface area contributed by atoms with Gasteiger partial charge in [-0.05, 0) is 38.1 Å². The van der Waals surface area contributed by atoms with Crippen LogP contribution in [0.4, 0.5) is 0 Å². The van der Waals surface area contributed by atoms with Gasteiger partial charge in [-0.25, -0.2) is 0 Å². The molecule has 0 radical (unpaired) electrons. The normalized spacial score (nSPS) is 10.8. The number of hydrogen-bond acceptors (Lipinski definition) is 4. The highest BCUT2D eigenvalue weighted by atomic mass is 16.3. The van der Waals surface area contributed by atoms with E-state index in [0.29, 0.717) is 24.6 Å². The van der Waals surface area contributed by atoms with Crippen LogP contribution in [0.25, 0.3) is 0 Å². The van der Waals surface area contributed by atoms with Crippen LogP contribution >= 0.6 is 0 Å². The Labute approximate surface area is 138 Å². The summed E-state index contributed by atoms with van der Waals surface area (Å²) in [5, 5.41) is 26.0. The molecule has 0 aliphatic heterocycles. The lowest BCUT2D eigenvalue weighted by Crippen LogP contribution is -2.17. The average Bonchev–Trinajstić information content (AvgIpc) is 2.56. The van der Waals surface area contributed by atoms with Crippen molar-refractivity contribution in [2.24, 2.45) is 0 Å². The Bertz CT molecular complexity index is 536. The Morgan fingerprint density at radius 2 is 1.04 bits per heavy atom. The third-order valence-corrected chi connectivity index (χ3v) is 3.82. The maximum absolute atomic E-state index is 9.66. The van der Waals surface area contributed by atoms with Crippen molar-refractivity contribution >= 4 is 0 Å². The van der Waals surface area contributed by atoms with Crippen molar-refractivity contribution in [3.05, 3.63) is 59.7 Å². The molecule has 0 atom stereocenters. The van der Waals surface area contributed by atoms with Gasteiger partial charge in [0.05, 0.1) is 0 Å². The zero-order valence-corrected chi connectivity index (χ0v) is 13.5. The van der Waals surface area contributed by atoms with E-state index in [2.05, 4.69) is 10.6 Å². The summed E-state index contributed by atoms with van der Waals surface area (Å²) in [5.41, 5.74) is 1.88. The topological polar surface area (TPSA) is 64.5 Å². The molecule has 0 aliphatic rings. The molecule has 0 spiro atoms. The quantitative estimate of drug-likeness (QED) is 0.509. The number of unbranched alkanes of at least 4 members (excludes halogenated alkanes) is 2. The molecule has 2 aromatic rings. The van der Waals surface area contributed by atoms with Crippen molar-refractivity contribution in [2.45, 2.75) is 32.4 Å². The molecule has 0 aliphatic carbocycles. The molecule has 124 valence electrons. The van der Waals surface area contributed by atoms with Gasteiger partial charge in [0.25, 0.3) is 0 Å². The maximum atomic E-state index is 9.66. The summed E-state index contributed by atoms with van der Waals surface area (Å²) in [6.07, 6.45) is 3.39. The van der Waals surface area contributed by atoms with Gasteiger partial charge in [0.2, 0.25) is 0 Å². The minimum absolute atomic E-state index is 0.355. The van der Waals surface area contributed by atoms with Crippen LogP contribution in [0.1, 0.15) is 30.4 Å². The van der Waals surface area contributed by atoms with E-state index in [1.54, 1.807) is 12.1 Å². The number of nitrogens with one attached hydrogen (secondary N) is 2. The van der Waals surface area contributed by atoms with Crippen molar-refractivity contribution < 1.29 is 10.2 Å². The number of hydrogen-bond donors (Lipinski definition) is 4. The molecule has 2 rings (SSSR count). The van der Waals surface area contributed by atoms with E-state index in [0.717, 1.165) is 43.5 Å². The second-order valence-electron chi connectivity index (χ2n) is 5.67. The molecule has 0 heterocycles. The van der Waals surface area contributed by atoms with Crippen LogP contribution in [0, 0.1) is 0 Å². The molecule has 23 heavy (non-hydrogen) atoms. The van der Waals surface area contributed by atoms with Gasteiger partial charge in [-0.15, -0.1) is 0 Å². The zero-order valence-electron chi connectivity index (χ0n) is 13.5. The molecule has 2 aromatic carbocycles. The first-order valence-corrected chi connectivity index (χ1v) is 8.22. The van der Waals surface area contributed by atoms with Crippen LogP contribution in [0.15, 0.2) is 48.5 Å². The number of para-hydroxylation sites is 2. The summed E-state index contributed by atoms with van der Waals surface area (Å²) in [7, 11) is 0. The number of phenolic OH excluding ortho intramolecular Hbond substituents is 2. The summed E-state index contributed by atoms with van der Waals surface area (Å²) >= 11 is 0. The van der Waals surface area contributed by atoms with Crippen molar-refractivity contribution in [1.29, 1.82) is 0 Å². The number of phenols is 2. The van der Waals surface area contributed by atoms with Gasteiger partial charge in [0.15, 0.2) is 0 Å². The lowest BCUT2D eigenvalue weighted by atomic mass is 10.2. The van der Waals surface area contributed by atoms with Gasteiger partial charge >= 0.3 is 0 Å². The first kappa shape index (κ1) is 17.3. The molecule has 0 amide bonds. The second-order valence-corrected chi connectivity index (χ2v) is 5.67. The Hall–Kier alpha value is -2.04. The SMILES string of the molecule is Oc1ccccc1CNCCCCCNCc1ccccc1O. The minimum atomic E-state index is 0.355. The van der Waals surface area contributed by atoms with Gasteiger partial charge in [-0.2, -0.15) is 0 Å². The monoisotopic (exact) mass is 314 g/mol. The molecule has 0 unspecified atom stereocenters. The Morgan fingerprint density at radius 3 is 1.48 bits per heavy atom. The first-order chi connectivity index (χ1) is 11.3.